The molecule has 4 heterocycles. The minimum Gasteiger partial charge on any atom is -0.506 e. The number of nitrogens with one attached hydrogen (secondary N) is 1. The Kier molecular flexibility index (Phi) is 7.48. The van der Waals surface area contributed by atoms with E-state index >= 15 is 4.39 Å². The van der Waals surface area contributed by atoms with Crippen molar-refractivity contribution < 1.29 is 18.6 Å². The molecule has 0 spiro atoms. The summed E-state index contributed by atoms with van der Waals surface area (Å²) in [6.45, 7) is 0.452. The molecule has 6 rings (SSSR count). The number of aromatic nitrogens is 6. The molecule has 0 saturated carbocycles. The van der Waals surface area contributed by atoms with E-state index in [4.69, 9.17) is 4.74 Å². The van der Waals surface area contributed by atoms with Gasteiger partial charge in [-0.15, -0.1) is 22.7 Å². The van der Waals surface area contributed by atoms with Gasteiger partial charge in [-0.1, -0.05) is 12.1 Å². The van der Waals surface area contributed by atoms with Crippen molar-refractivity contribution in [1.82, 2.24) is 29.9 Å². The molecule has 0 bridgehead atoms. The van der Waals surface area contributed by atoms with Crippen molar-refractivity contribution in [2.24, 2.45) is 0 Å². The fourth-order valence-corrected chi connectivity index (χ4v) is 5.73. The lowest BCUT2D eigenvalue weighted by Gasteiger charge is -2.26. The molecule has 0 aliphatic heterocycles. The molecular formula is C27H22F2N8O2S2. The minimum absolute atomic E-state index is 0.0756. The standard InChI is InChI=1S/C27H22F2N8O2S2/c1-39-17-4-2-15(18(28)10-17)7-9-37(25-22-27(34-12-32-25)41-14-36-22)23-19(38)5-3-16(20(23)29)6-8-30-24-21-26(33-11-31-24)40-13-35-21/h2-5,10-14,38H,6-9H2,1H3,(H,30,31,33). The summed E-state index contributed by atoms with van der Waals surface area (Å²) in [5.74, 6) is -0.0889. The van der Waals surface area contributed by atoms with Crippen LogP contribution < -0.4 is 15.0 Å². The lowest BCUT2D eigenvalue weighted by Crippen LogP contribution is -2.24. The van der Waals surface area contributed by atoms with Gasteiger partial charge in [-0.25, -0.2) is 38.7 Å². The number of ether oxygens (including phenoxy) is 1. The number of aromatic hydroxyl groups is 1. The SMILES string of the molecule is COc1ccc(CCN(c2c(O)ccc(CCNc3ncnc4scnc34)c2F)c2ncnc3scnc23)c(F)c1. The minimum atomic E-state index is -0.620. The van der Waals surface area contributed by atoms with Gasteiger partial charge in [0.25, 0.3) is 0 Å². The number of methoxy groups -OCH3 is 1. The van der Waals surface area contributed by atoms with E-state index in [1.165, 1.54) is 65.5 Å². The Bertz CT molecular complexity index is 1850. The molecule has 0 radical (unpaired) electrons. The fourth-order valence-electron chi connectivity index (χ4n) is 4.48. The molecule has 2 aromatic carbocycles. The van der Waals surface area contributed by atoms with Crippen molar-refractivity contribution in [3.63, 3.8) is 0 Å². The third kappa shape index (κ3) is 5.30. The number of hydrogen-bond donors (Lipinski definition) is 2. The maximum atomic E-state index is 16.2. The predicted molar refractivity (Wildman–Crippen MR) is 154 cm³/mol. The van der Waals surface area contributed by atoms with Crippen molar-refractivity contribution in [3.05, 3.63) is 76.8 Å². The second-order valence-corrected chi connectivity index (χ2v) is 10.5. The van der Waals surface area contributed by atoms with Crippen molar-refractivity contribution in [2.75, 3.05) is 30.4 Å². The van der Waals surface area contributed by atoms with Gasteiger partial charge in [-0.05, 0) is 36.1 Å². The van der Waals surface area contributed by atoms with Crippen molar-refractivity contribution in [1.29, 1.82) is 0 Å². The fraction of sp³-hybridized carbons (Fsp3) is 0.185. The molecule has 0 fully saturated rings. The predicted octanol–water partition coefficient (Wildman–Crippen LogP) is 5.51. The van der Waals surface area contributed by atoms with Gasteiger partial charge in [0, 0.05) is 19.2 Å². The normalized spacial score (nSPS) is 11.3. The molecule has 6 aromatic rings. The van der Waals surface area contributed by atoms with Crippen LogP contribution in [0.3, 0.4) is 0 Å². The molecule has 10 nitrogen and oxygen atoms in total. The number of rotatable bonds is 10. The summed E-state index contributed by atoms with van der Waals surface area (Å²) in [7, 11) is 1.46. The van der Waals surface area contributed by atoms with Crippen molar-refractivity contribution in [2.45, 2.75) is 12.8 Å². The average molecular weight is 593 g/mol. The van der Waals surface area contributed by atoms with Gasteiger partial charge in [0.1, 0.15) is 56.4 Å². The third-order valence-electron chi connectivity index (χ3n) is 6.50. The highest BCUT2D eigenvalue weighted by molar-refractivity contribution is 7.16. The van der Waals surface area contributed by atoms with Crippen LogP contribution in [0.1, 0.15) is 11.1 Å². The summed E-state index contributed by atoms with van der Waals surface area (Å²) in [4.78, 5) is 28.6. The van der Waals surface area contributed by atoms with Gasteiger partial charge in [0.15, 0.2) is 17.5 Å². The first kappa shape index (κ1) is 26.7. The third-order valence-corrected chi connectivity index (χ3v) is 7.97. The van der Waals surface area contributed by atoms with Crippen LogP contribution >= 0.6 is 22.7 Å². The van der Waals surface area contributed by atoms with Gasteiger partial charge in [0.2, 0.25) is 0 Å². The Hall–Kier alpha value is -4.56. The zero-order valence-electron chi connectivity index (χ0n) is 21.6. The van der Waals surface area contributed by atoms with Gasteiger partial charge < -0.3 is 20.1 Å². The Morgan fingerprint density at radius 3 is 2.39 bits per heavy atom. The van der Waals surface area contributed by atoms with Gasteiger partial charge in [-0.2, -0.15) is 0 Å². The topological polar surface area (TPSA) is 122 Å². The van der Waals surface area contributed by atoms with Crippen molar-refractivity contribution in [3.8, 4) is 11.5 Å². The number of phenols is 1. The molecule has 0 aliphatic rings. The molecule has 0 saturated heterocycles. The lowest BCUT2D eigenvalue weighted by atomic mass is 10.1. The Morgan fingerprint density at radius 2 is 1.61 bits per heavy atom. The molecule has 0 amide bonds. The molecule has 14 heteroatoms. The maximum Gasteiger partial charge on any atom is 0.164 e. The van der Waals surface area contributed by atoms with Crippen LogP contribution in [0.15, 0.2) is 54.0 Å². The summed E-state index contributed by atoms with van der Waals surface area (Å²) in [6, 6.07) is 7.56. The molecule has 0 aliphatic carbocycles. The first-order valence-electron chi connectivity index (χ1n) is 12.5. The highest BCUT2D eigenvalue weighted by atomic mass is 32.1. The Labute approximate surface area is 240 Å². The molecular weight excluding hydrogens is 570 g/mol. The summed E-state index contributed by atoms with van der Waals surface area (Å²) in [6.07, 6.45) is 3.28. The molecule has 2 N–H and O–H groups in total. The van der Waals surface area contributed by atoms with Gasteiger partial charge in [0.05, 0.1) is 18.1 Å². The number of phenolic OH excluding ortho intramolecular Hbond substituents is 1. The van der Waals surface area contributed by atoms with E-state index < -0.39 is 11.6 Å². The summed E-state index contributed by atoms with van der Waals surface area (Å²) in [5.41, 5.74) is 5.10. The molecule has 0 atom stereocenters. The lowest BCUT2D eigenvalue weighted by molar-refractivity contribution is 0.410. The number of anilines is 3. The monoisotopic (exact) mass is 592 g/mol. The van der Waals surface area contributed by atoms with E-state index in [1.54, 1.807) is 23.2 Å². The van der Waals surface area contributed by atoms with Gasteiger partial charge in [-0.3, -0.25) is 0 Å². The zero-order chi connectivity index (χ0) is 28.3. The Morgan fingerprint density at radius 1 is 0.878 bits per heavy atom. The van der Waals surface area contributed by atoms with E-state index in [0.717, 1.165) is 4.83 Å². The Balaban J connectivity index is 1.32. The van der Waals surface area contributed by atoms with Crippen LogP contribution in [0.25, 0.3) is 20.7 Å². The second-order valence-electron chi connectivity index (χ2n) is 8.87. The number of hydrogen-bond acceptors (Lipinski definition) is 12. The van der Waals surface area contributed by atoms with E-state index in [9.17, 15) is 9.50 Å². The van der Waals surface area contributed by atoms with Crippen LogP contribution in [0.5, 0.6) is 11.5 Å². The largest absolute Gasteiger partial charge is 0.506 e. The van der Waals surface area contributed by atoms with Crippen LogP contribution in [0, 0.1) is 11.6 Å². The van der Waals surface area contributed by atoms with Crippen LogP contribution in [0.2, 0.25) is 0 Å². The molecule has 41 heavy (non-hydrogen) atoms. The summed E-state index contributed by atoms with van der Waals surface area (Å²) >= 11 is 2.72. The first-order valence-corrected chi connectivity index (χ1v) is 14.2. The number of benzene rings is 2. The molecule has 208 valence electrons. The van der Waals surface area contributed by atoms with Crippen LogP contribution in [0.4, 0.5) is 26.1 Å². The smallest absolute Gasteiger partial charge is 0.164 e. The second kappa shape index (κ2) is 11.5. The van der Waals surface area contributed by atoms with E-state index in [2.05, 4.69) is 35.2 Å². The molecule has 4 aromatic heterocycles. The van der Waals surface area contributed by atoms with Crippen LogP contribution in [-0.2, 0) is 12.8 Å². The average Bonchev–Trinajstić information content (AvgIpc) is 3.67. The number of nitrogens with zero attached hydrogens (tertiary/aromatic N) is 7. The van der Waals surface area contributed by atoms with E-state index in [0.29, 0.717) is 50.9 Å². The quantitative estimate of drug-likeness (QED) is 0.210. The van der Waals surface area contributed by atoms with Gasteiger partial charge >= 0.3 is 0 Å². The van der Waals surface area contributed by atoms with Crippen LogP contribution in [-0.4, -0.2) is 55.2 Å². The summed E-state index contributed by atoms with van der Waals surface area (Å²) in [5, 5.41) is 14.1. The zero-order valence-corrected chi connectivity index (χ0v) is 23.2. The first-order chi connectivity index (χ1) is 20.0. The summed E-state index contributed by atoms with van der Waals surface area (Å²) < 4.78 is 36.1. The maximum absolute atomic E-state index is 16.2. The highest BCUT2D eigenvalue weighted by Crippen LogP contribution is 2.39. The molecule has 0 unspecified atom stereocenters. The number of fused-ring (bicyclic) bond motifs is 2. The number of thiazole rings is 2. The van der Waals surface area contributed by atoms with Crippen molar-refractivity contribution >= 4 is 60.7 Å². The van der Waals surface area contributed by atoms with E-state index in [-0.39, 0.29) is 30.8 Å². The van der Waals surface area contributed by atoms with E-state index in [1.807, 2.05) is 0 Å². The highest BCUT2D eigenvalue weighted by Gasteiger charge is 2.25. The number of halogens is 2.